The third-order valence-corrected chi connectivity index (χ3v) is 4.01. The number of amides is 1. The molecule has 0 bridgehead atoms. The summed E-state index contributed by atoms with van der Waals surface area (Å²) >= 11 is 0. The smallest absolute Gasteiger partial charge is 0.338 e. The molecule has 0 fully saturated rings. The second kappa shape index (κ2) is 7.84. The zero-order chi connectivity index (χ0) is 18.5. The number of rotatable bonds is 6. The first-order valence-electron chi connectivity index (χ1n) is 8.37. The van der Waals surface area contributed by atoms with Crippen molar-refractivity contribution in [3.05, 3.63) is 65.9 Å². The van der Waals surface area contributed by atoms with Gasteiger partial charge in [0.2, 0.25) is 5.91 Å². The molecule has 1 heterocycles. The number of para-hydroxylation sites is 1. The van der Waals surface area contributed by atoms with Crippen LogP contribution in [0.25, 0.3) is 10.9 Å². The second-order valence-electron chi connectivity index (χ2n) is 5.81. The normalized spacial score (nSPS) is 10.7. The molecule has 6 heteroatoms. The Kier molecular flexibility index (Phi) is 5.34. The van der Waals surface area contributed by atoms with Crippen molar-refractivity contribution in [3.63, 3.8) is 0 Å². The third-order valence-electron chi connectivity index (χ3n) is 4.01. The minimum Gasteiger partial charge on any atom is -0.462 e. The van der Waals surface area contributed by atoms with Crippen molar-refractivity contribution in [2.75, 3.05) is 11.9 Å². The van der Waals surface area contributed by atoms with Gasteiger partial charge < -0.3 is 19.7 Å². The van der Waals surface area contributed by atoms with Crippen LogP contribution in [0.3, 0.4) is 0 Å². The molecule has 0 unspecified atom stereocenters. The van der Waals surface area contributed by atoms with Gasteiger partial charge in [0.1, 0.15) is 6.54 Å². The van der Waals surface area contributed by atoms with Gasteiger partial charge in [0.25, 0.3) is 0 Å². The van der Waals surface area contributed by atoms with Crippen LogP contribution < -0.4 is 5.32 Å². The molecule has 1 amide bonds. The maximum absolute atomic E-state index is 12.4. The minimum absolute atomic E-state index is 0.0866. The molecule has 0 aliphatic rings. The highest BCUT2D eigenvalue weighted by atomic mass is 16.5. The highest BCUT2D eigenvalue weighted by Crippen LogP contribution is 2.21. The number of benzene rings is 2. The summed E-state index contributed by atoms with van der Waals surface area (Å²) < 4.78 is 6.76. The molecule has 1 aromatic heterocycles. The monoisotopic (exact) mass is 352 g/mol. The van der Waals surface area contributed by atoms with E-state index in [9.17, 15) is 14.7 Å². The first-order valence-corrected chi connectivity index (χ1v) is 8.37. The Balaban J connectivity index is 1.76. The number of ether oxygens (including phenoxy) is 1. The average molecular weight is 352 g/mol. The third kappa shape index (κ3) is 3.75. The van der Waals surface area contributed by atoms with Gasteiger partial charge in [-0.25, -0.2) is 4.79 Å². The SMILES string of the molecule is CCOC(=O)c1cccc(NC(=O)Cn2cc(CO)c3ccccc32)c1. The molecule has 0 saturated heterocycles. The molecule has 2 aromatic carbocycles. The maximum atomic E-state index is 12.4. The Hall–Kier alpha value is -3.12. The zero-order valence-electron chi connectivity index (χ0n) is 14.4. The topological polar surface area (TPSA) is 80.6 Å². The van der Waals surface area contributed by atoms with E-state index in [-0.39, 0.29) is 19.1 Å². The molecule has 0 spiro atoms. The van der Waals surface area contributed by atoms with Gasteiger partial charge in [-0.05, 0) is 31.2 Å². The van der Waals surface area contributed by atoms with Crippen molar-refractivity contribution >= 4 is 28.5 Å². The predicted molar refractivity (Wildman–Crippen MR) is 98.9 cm³/mol. The molecule has 2 N–H and O–H groups in total. The lowest BCUT2D eigenvalue weighted by atomic mass is 10.2. The second-order valence-corrected chi connectivity index (χ2v) is 5.81. The van der Waals surface area contributed by atoms with Gasteiger partial charge in [-0.2, -0.15) is 0 Å². The summed E-state index contributed by atoms with van der Waals surface area (Å²) in [7, 11) is 0. The van der Waals surface area contributed by atoms with Crippen molar-refractivity contribution in [1.82, 2.24) is 4.57 Å². The van der Waals surface area contributed by atoms with E-state index in [1.807, 2.05) is 24.3 Å². The first kappa shape index (κ1) is 17.7. The summed E-state index contributed by atoms with van der Waals surface area (Å²) in [6.07, 6.45) is 1.78. The van der Waals surface area contributed by atoms with E-state index < -0.39 is 5.97 Å². The molecule has 0 saturated carbocycles. The Labute approximate surface area is 151 Å². The standard InChI is InChI=1S/C20H20N2O4/c1-2-26-20(25)14-6-5-7-16(10-14)21-19(24)12-22-11-15(13-23)17-8-3-4-9-18(17)22/h3-11,23H,2,12-13H2,1H3,(H,21,24). The number of aliphatic hydroxyl groups excluding tert-OH is 1. The Bertz CT molecular complexity index is 946. The van der Waals surface area contributed by atoms with Gasteiger partial charge in [0.15, 0.2) is 0 Å². The number of anilines is 1. The molecular formula is C20H20N2O4. The van der Waals surface area contributed by atoms with Crippen LogP contribution in [-0.4, -0.2) is 28.2 Å². The molecule has 0 atom stereocenters. The van der Waals surface area contributed by atoms with Crippen molar-refractivity contribution < 1.29 is 19.4 Å². The fourth-order valence-electron chi connectivity index (χ4n) is 2.87. The number of hydrogen-bond acceptors (Lipinski definition) is 4. The van der Waals surface area contributed by atoms with E-state index in [4.69, 9.17) is 4.74 Å². The largest absolute Gasteiger partial charge is 0.462 e. The average Bonchev–Trinajstić information content (AvgIpc) is 3.00. The minimum atomic E-state index is -0.424. The van der Waals surface area contributed by atoms with E-state index in [2.05, 4.69) is 5.32 Å². The fraction of sp³-hybridized carbons (Fsp3) is 0.200. The summed E-state index contributed by atoms with van der Waals surface area (Å²) in [5.74, 6) is -0.649. The summed E-state index contributed by atoms with van der Waals surface area (Å²) in [5.41, 5.74) is 2.57. The lowest BCUT2D eigenvalue weighted by molar-refractivity contribution is -0.116. The van der Waals surface area contributed by atoms with Gasteiger partial charge in [-0.15, -0.1) is 0 Å². The van der Waals surface area contributed by atoms with E-state index in [0.29, 0.717) is 17.9 Å². The lowest BCUT2D eigenvalue weighted by Gasteiger charge is -2.09. The number of esters is 1. The van der Waals surface area contributed by atoms with Crippen LogP contribution in [0.15, 0.2) is 54.7 Å². The van der Waals surface area contributed by atoms with Crippen LogP contribution in [0.5, 0.6) is 0 Å². The number of aliphatic hydroxyl groups is 1. The summed E-state index contributed by atoms with van der Waals surface area (Å²) in [6, 6.07) is 14.2. The van der Waals surface area contributed by atoms with Crippen molar-refractivity contribution in [2.45, 2.75) is 20.1 Å². The summed E-state index contributed by atoms with van der Waals surface area (Å²) in [5, 5.41) is 13.2. The molecule has 0 radical (unpaired) electrons. The highest BCUT2D eigenvalue weighted by Gasteiger charge is 2.12. The Morgan fingerprint density at radius 2 is 1.96 bits per heavy atom. The van der Waals surface area contributed by atoms with E-state index in [0.717, 1.165) is 16.5 Å². The summed E-state index contributed by atoms with van der Waals surface area (Å²) in [4.78, 5) is 24.2. The number of nitrogens with zero attached hydrogens (tertiary/aromatic N) is 1. The van der Waals surface area contributed by atoms with E-state index in [1.165, 1.54) is 0 Å². The van der Waals surface area contributed by atoms with Crippen LogP contribution in [0.2, 0.25) is 0 Å². The first-order chi connectivity index (χ1) is 12.6. The van der Waals surface area contributed by atoms with Crippen molar-refractivity contribution in [3.8, 4) is 0 Å². The van der Waals surface area contributed by atoms with Gasteiger partial charge in [-0.1, -0.05) is 24.3 Å². The zero-order valence-corrected chi connectivity index (χ0v) is 14.4. The van der Waals surface area contributed by atoms with Crippen LogP contribution in [0.1, 0.15) is 22.8 Å². The number of aromatic nitrogens is 1. The van der Waals surface area contributed by atoms with Crippen LogP contribution in [0, 0.1) is 0 Å². The predicted octanol–water partition coefficient (Wildman–Crippen LogP) is 2.95. The van der Waals surface area contributed by atoms with Crippen molar-refractivity contribution in [2.24, 2.45) is 0 Å². The molecule has 6 nitrogen and oxygen atoms in total. The van der Waals surface area contributed by atoms with Gasteiger partial charge in [0, 0.05) is 28.4 Å². The van der Waals surface area contributed by atoms with Gasteiger partial charge >= 0.3 is 5.97 Å². The van der Waals surface area contributed by atoms with E-state index >= 15 is 0 Å². The number of fused-ring (bicyclic) bond motifs is 1. The highest BCUT2D eigenvalue weighted by molar-refractivity contribution is 5.95. The number of nitrogens with one attached hydrogen (secondary N) is 1. The molecule has 0 aliphatic carbocycles. The molecule has 3 aromatic rings. The number of carbonyl (C=O) groups is 2. The van der Waals surface area contributed by atoms with Gasteiger partial charge in [0.05, 0.1) is 18.8 Å². The Morgan fingerprint density at radius 1 is 1.15 bits per heavy atom. The molecule has 26 heavy (non-hydrogen) atoms. The molecule has 0 aliphatic heterocycles. The van der Waals surface area contributed by atoms with Gasteiger partial charge in [-0.3, -0.25) is 4.79 Å². The number of hydrogen-bond donors (Lipinski definition) is 2. The quantitative estimate of drug-likeness (QED) is 0.669. The maximum Gasteiger partial charge on any atom is 0.338 e. The lowest BCUT2D eigenvalue weighted by Crippen LogP contribution is -2.18. The van der Waals surface area contributed by atoms with E-state index in [1.54, 1.807) is 42.0 Å². The fourth-order valence-corrected chi connectivity index (χ4v) is 2.87. The van der Waals surface area contributed by atoms with Crippen LogP contribution in [0.4, 0.5) is 5.69 Å². The molecule has 3 rings (SSSR count). The molecule has 134 valence electrons. The molecular weight excluding hydrogens is 332 g/mol. The van der Waals surface area contributed by atoms with Crippen LogP contribution in [-0.2, 0) is 22.7 Å². The van der Waals surface area contributed by atoms with Crippen molar-refractivity contribution in [1.29, 1.82) is 0 Å². The van der Waals surface area contributed by atoms with Crippen LogP contribution >= 0.6 is 0 Å². The Morgan fingerprint density at radius 3 is 2.73 bits per heavy atom. The number of carbonyl (C=O) groups excluding carboxylic acids is 2. The summed E-state index contributed by atoms with van der Waals surface area (Å²) in [6.45, 7) is 2.05.